The average molecular weight is 405 g/mol. The molecule has 0 spiro atoms. The van der Waals surface area contributed by atoms with Gasteiger partial charge in [0.15, 0.2) is 0 Å². The number of likely N-dealkylation sites (N-methyl/N-ethyl adjacent to an activating group) is 1. The molecule has 0 heterocycles. The fraction of sp³-hybridized carbons (Fsp3) is 0.240. The van der Waals surface area contributed by atoms with Crippen molar-refractivity contribution < 1.29 is 14.3 Å². The number of carbonyl (C=O) groups is 1. The van der Waals surface area contributed by atoms with Crippen LogP contribution in [0.2, 0.25) is 0 Å². The Hall–Kier alpha value is -3.31. The van der Waals surface area contributed by atoms with Gasteiger partial charge in [-0.1, -0.05) is 54.6 Å². The van der Waals surface area contributed by atoms with Gasteiger partial charge in [-0.3, -0.25) is 9.69 Å². The van der Waals surface area contributed by atoms with Gasteiger partial charge < -0.3 is 14.8 Å². The number of amides is 1. The first-order valence-electron chi connectivity index (χ1n) is 9.89. The molecule has 0 radical (unpaired) electrons. The molecule has 0 aliphatic carbocycles. The van der Waals surface area contributed by atoms with E-state index >= 15 is 0 Å². The lowest BCUT2D eigenvalue weighted by molar-refractivity contribution is -0.122. The second-order valence-corrected chi connectivity index (χ2v) is 7.21. The normalized spacial score (nSPS) is 11.7. The van der Waals surface area contributed by atoms with Crippen molar-refractivity contribution in [1.29, 1.82) is 0 Å². The summed E-state index contributed by atoms with van der Waals surface area (Å²) in [5.41, 5.74) is 3.14. The van der Waals surface area contributed by atoms with E-state index in [2.05, 4.69) is 5.32 Å². The van der Waals surface area contributed by atoms with E-state index in [4.69, 9.17) is 9.47 Å². The zero-order valence-corrected chi connectivity index (χ0v) is 17.7. The van der Waals surface area contributed by atoms with Crippen molar-refractivity contribution in [2.45, 2.75) is 12.6 Å². The Kier molecular flexibility index (Phi) is 7.46. The van der Waals surface area contributed by atoms with Crippen molar-refractivity contribution in [2.24, 2.45) is 0 Å². The average Bonchev–Trinajstić information content (AvgIpc) is 2.78. The summed E-state index contributed by atoms with van der Waals surface area (Å²) in [5, 5.41) is 3.18. The van der Waals surface area contributed by atoms with E-state index in [0.29, 0.717) is 6.54 Å². The second-order valence-electron chi connectivity index (χ2n) is 7.21. The van der Waals surface area contributed by atoms with Crippen LogP contribution in [0.4, 0.5) is 0 Å². The minimum atomic E-state index is -0.227. The summed E-state index contributed by atoms with van der Waals surface area (Å²) in [6.45, 7) is 0.944. The number of methoxy groups -OCH3 is 2. The summed E-state index contributed by atoms with van der Waals surface area (Å²) in [7, 11) is 5.23. The topological polar surface area (TPSA) is 50.8 Å². The van der Waals surface area contributed by atoms with E-state index in [1.165, 1.54) is 0 Å². The molecule has 0 saturated carbocycles. The molecule has 1 atom stereocenters. The van der Waals surface area contributed by atoms with Gasteiger partial charge in [-0.05, 0) is 48.0 Å². The highest BCUT2D eigenvalue weighted by atomic mass is 16.5. The van der Waals surface area contributed by atoms with Gasteiger partial charge in [0.25, 0.3) is 0 Å². The minimum Gasteiger partial charge on any atom is -0.497 e. The molecule has 0 aliphatic heterocycles. The third-order valence-electron chi connectivity index (χ3n) is 4.89. The largest absolute Gasteiger partial charge is 0.497 e. The summed E-state index contributed by atoms with van der Waals surface area (Å²) < 4.78 is 10.5. The first-order valence-corrected chi connectivity index (χ1v) is 9.89. The quantitative estimate of drug-likeness (QED) is 0.585. The molecule has 0 bridgehead atoms. The summed E-state index contributed by atoms with van der Waals surface area (Å²) >= 11 is 0. The highest BCUT2D eigenvalue weighted by Gasteiger charge is 2.18. The van der Waals surface area contributed by atoms with Crippen molar-refractivity contribution in [1.82, 2.24) is 10.2 Å². The van der Waals surface area contributed by atoms with Crippen molar-refractivity contribution in [3.63, 3.8) is 0 Å². The lowest BCUT2D eigenvalue weighted by Crippen LogP contribution is -2.37. The van der Waals surface area contributed by atoms with E-state index in [0.717, 1.165) is 28.2 Å². The van der Waals surface area contributed by atoms with Gasteiger partial charge in [0.2, 0.25) is 5.91 Å². The van der Waals surface area contributed by atoms with Gasteiger partial charge in [0.05, 0.1) is 26.8 Å². The molecule has 3 rings (SSSR count). The van der Waals surface area contributed by atoms with Crippen LogP contribution >= 0.6 is 0 Å². The highest BCUT2D eigenvalue weighted by molar-refractivity contribution is 5.79. The molecule has 3 aromatic rings. The van der Waals surface area contributed by atoms with Crippen LogP contribution in [0.5, 0.6) is 11.5 Å². The molecule has 0 fully saturated rings. The lowest BCUT2D eigenvalue weighted by Gasteiger charge is -2.22. The number of hydrogen-bond acceptors (Lipinski definition) is 4. The zero-order valence-electron chi connectivity index (χ0n) is 17.7. The van der Waals surface area contributed by atoms with Gasteiger partial charge >= 0.3 is 0 Å². The standard InChI is InChI=1S/C25H28N2O3/c1-27(17-19-8-7-11-23(16-19)30-3)18-24(28)26-25(20-9-5-4-6-10-20)21-12-14-22(29-2)15-13-21/h4-16,25H,17-18H2,1-3H3,(H,26,28)/t25-/m0/s1. The van der Waals surface area contributed by atoms with E-state index < -0.39 is 0 Å². The zero-order chi connectivity index (χ0) is 21.3. The van der Waals surface area contributed by atoms with Crippen molar-refractivity contribution in [3.8, 4) is 11.5 Å². The molecule has 0 aliphatic rings. The second kappa shape index (κ2) is 10.5. The van der Waals surface area contributed by atoms with E-state index in [-0.39, 0.29) is 18.5 Å². The maximum atomic E-state index is 12.8. The molecule has 30 heavy (non-hydrogen) atoms. The first-order chi connectivity index (χ1) is 14.6. The van der Waals surface area contributed by atoms with Crippen LogP contribution in [0.3, 0.4) is 0 Å². The van der Waals surface area contributed by atoms with Gasteiger partial charge in [0.1, 0.15) is 11.5 Å². The van der Waals surface area contributed by atoms with Gasteiger partial charge in [-0.15, -0.1) is 0 Å². The van der Waals surface area contributed by atoms with Gasteiger partial charge in [-0.2, -0.15) is 0 Å². The van der Waals surface area contributed by atoms with Crippen LogP contribution in [0, 0.1) is 0 Å². The van der Waals surface area contributed by atoms with Crippen LogP contribution in [-0.2, 0) is 11.3 Å². The molecule has 1 N–H and O–H groups in total. The maximum Gasteiger partial charge on any atom is 0.234 e. The molecule has 5 heteroatoms. The Morgan fingerprint density at radius 2 is 1.53 bits per heavy atom. The van der Waals surface area contributed by atoms with E-state index in [9.17, 15) is 4.79 Å². The number of rotatable bonds is 9. The first kappa shape index (κ1) is 21.4. The Morgan fingerprint density at radius 3 is 2.20 bits per heavy atom. The smallest absolute Gasteiger partial charge is 0.234 e. The monoisotopic (exact) mass is 404 g/mol. The SMILES string of the molecule is COc1ccc([C@@H](NC(=O)CN(C)Cc2cccc(OC)c2)c2ccccc2)cc1. The van der Waals surface area contributed by atoms with E-state index in [1.54, 1.807) is 14.2 Å². The number of carbonyl (C=O) groups excluding carboxylic acids is 1. The number of hydrogen-bond donors (Lipinski definition) is 1. The highest BCUT2D eigenvalue weighted by Crippen LogP contribution is 2.24. The van der Waals surface area contributed by atoms with Crippen molar-refractivity contribution >= 4 is 5.91 Å². The summed E-state index contributed by atoms with van der Waals surface area (Å²) in [6, 6.07) is 25.4. The molecule has 3 aromatic carbocycles. The Bertz CT molecular complexity index is 942. The third-order valence-corrected chi connectivity index (χ3v) is 4.89. The van der Waals surface area contributed by atoms with Gasteiger partial charge in [0, 0.05) is 6.54 Å². The van der Waals surface area contributed by atoms with Crippen LogP contribution in [0.15, 0.2) is 78.9 Å². The Morgan fingerprint density at radius 1 is 0.867 bits per heavy atom. The van der Waals surface area contributed by atoms with Crippen LogP contribution in [-0.4, -0.2) is 38.6 Å². The van der Waals surface area contributed by atoms with Gasteiger partial charge in [-0.25, -0.2) is 0 Å². The third kappa shape index (κ3) is 5.84. The fourth-order valence-corrected chi connectivity index (χ4v) is 3.39. The summed E-state index contributed by atoms with van der Waals surface area (Å²) in [4.78, 5) is 14.8. The molecule has 0 saturated heterocycles. The predicted molar refractivity (Wildman–Crippen MR) is 119 cm³/mol. The number of nitrogens with zero attached hydrogens (tertiary/aromatic N) is 1. The van der Waals surface area contributed by atoms with Crippen molar-refractivity contribution in [2.75, 3.05) is 27.8 Å². The molecule has 5 nitrogen and oxygen atoms in total. The molecular formula is C25H28N2O3. The molecule has 0 aromatic heterocycles. The van der Waals surface area contributed by atoms with Crippen LogP contribution in [0.25, 0.3) is 0 Å². The Labute approximate surface area is 178 Å². The number of ether oxygens (including phenoxy) is 2. The number of nitrogens with one attached hydrogen (secondary N) is 1. The Balaban J connectivity index is 1.69. The maximum absolute atomic E-state index is 12.8. The lowest BCUT2D eigenvalue weighted by atomic mass is 9.98. The fourth-order valence-electron chi connectivity index (χ4n) is 3.39. The summed E-state index contributed by atoms with van der Waals surface area (Å²) in [5.74, 6) is 1.56. The molecule has 1 amide bonds. The van der Waals surface area contributed by atoms with E-state index in [1.807, 2.05) is 90.8 Å². The molecule has 0 unspecified atom stereocenters. The summed E-state index contributed by atoms with van der Waals surface area (Å²) in [6.07, 6.45) is 0. The van der Waals surface area contributed by atoms with Crippen molar-refractivity contribution in [3.05, 3.63) is 95.6 Å². The van der Waals surface area contributed by atoms with Crippen LogP contribution < -0.4 is 14.8 Å². The molecular weight excluding hydrogens is 376 g/mol. The minimum absolute atomic E-state index is 0.0370. The van der Waals surface area contributed by atoms with Crippen LogP contribution in [0.1, 0.15) is 22.7 Å². The molecule has 156 valence electrons. The number of benzene rings is 3. The predicted octanol–water partition coefficient (Wildman–Crippen LogP) is 4.04.